The summed E-state index contributed by atoms with van der Waals surface area (Å²) in [6.07, 6.45) is 4.05. The van der Waals surface area contributed by atoms with Gasteiger partial charge in [-0.05, 0) is 0 Å². The van der Waals surface area contributed by atoms with Crippen molar-refractivity contribution in [2.45, 2.75) is 6.54 Å². The van der Waals surface area contributed by atoms with Crippen LogP contribution in [-0.2, 0) is 11.3 Å². The van der Waals surface area contributed by atoms with Crippen LogP contribution in [0.25, 0.3) is 0 Å². The predicted molar refractivity (Wildman–Crippen MR) is 38.5 cm³/mol. The standard InChI is InChI=1S/C8H12NO/c1-10-8-7-9-5-3-2-4-6-9/h2-6H,7-8H2,1H3/q+1. The van der Waals surface area contributed by atoms with Gasteiger partial charge in [0.1, 0.15) is 6.61 Å². The molecule has 0 bridgehead atoms. The fourth-order valence-corrected chi connectivity index (χ4v) is 0.780. The molecule has 54 valence electrons. The van der Waals surface area contributed by atoms with Gasteiger partial charge in [0.15, 0.2) is 18.9 Å². The highest BCUT2D eigenvalue weighted by molar-refractivity contribution is 4.83. The molecule has 0 saturated heterocycles. The van der Waals surface area contributed by atoms with Crippen LogP contribution in [0.3, 0.4) is 0 Å². The molecule has 0 aromatic carbocycles. The second-order valence-electron chi connectivity index (χ2n) is 2.11. The van der Waals surface area contributed by atoms with Crippen molar-refractivity contribution in [3.8, 4) is 0 Å². The SMILES string of the molecule is COCC[n+]1ccccc1. The molecule has 0 radical (unpaired) electrons. The van der Waals surface area contributed by atoms with Crippen LogP contribution in [0.15, 0.2) is 30.6 Å². The summed E-state index contributed by atoms with van der Waals surface area (Å²) in [5.41, 5.74) is 0. The minimum absolute atomic E-state index is 0.772. The molecule has 1 aromatic rings. The lowest BCUT2D eigenvalue weighted by Gasteiger charge is -1.93. The van der Waals surface area contributed by atoms with Gasteiger partial charge in [-0.3, -0.25) is 0 Å². The lowest BCUT2D eigenvalue weighted by atomic mass is 10.5. The Bertz CT molecular complexity index is 174. The fourth-order valence-electron chi connectivity index (χ4n) is 0.780. The van der Waals surface area contributed by atoms with E-state index in [-0.39, 0.29) is 0 Å². The van der Waals surface area contributed by atoms with Crippen LogP contribution >= 0.6 is 0 Å². The van der Waals surface area contributed by atoms with Gasteiger partial charge in [0.05, 0.1) is 0 Å². The molecule has 0 aliphatic carbocycles. The third-order valence-corrected chi connectivity index (χ3v) is 1.33. The summed E-state index contributed by atoms with van der Waals surface area (Å²) < 4.78 is 7.01. The molecule has 0 atom stereocenters. The lowest BCUT2D eigenvalue weighted by molar-refractivity contribution is -0.698. The van der Waals surface area contributed by atoms with E-state index in [0.717, 1.165) is 13.2 Å². The van der Waals surface area contributed by atoms with E-state index in [9.17, 15) is 0 Å². The molecule has 1 aromatic heterocycles. The van der Waals surface area contributed by atoms with Gasteiger partial charge in [0.25, 0.3) is 0 Å². The molecule has 0 saturated carbocycles. The van der Waals surface area contributed by atoms with E-state index >= 15 is 0 Å². The third-order valence-electron chi connectivity index (χ3n) is 1.33. The lowest BCUT2D eigenvalue weighted by Crippen LogP contribution is -2.34. The van der Waals surface area contributed by atoms with Crippen molar-refractivity contribution in [3.63, 3.8) is 0 Å². The van der Waals surface area contributed by atoms with Crippen molar-refractivity contribution >= 4 is 0 Å². The quantitative estimate of drug-likeness (QED) is 0.558. The van der Waals surface area contributed by atoms with Crippen LogP contribution in [0.5, 0.6) is 0 Å². The van der Waals surface area contributed by atoms with Gasteiger partial charge in [0, 0.05) is 19.2 Å². The minimum Gasteiger partial charge on any atom is -0.378 e. The Labute approximate surface area is 61.1 Å². The number of methoxy groups -OCH3 is 1. The molecule has 0 amide bonds. The van der Waals surface area contributed by atoms with Crippen LogP contribution in [0.1, 0.15) is 0 Å². The van der Waals surface area contributed by atoms with Gasteiger partial charge in [-0.2, -0.15) is 0 Å². The van der Waals surface area contributed by atoms with Gasteiger partial charge in [-0.1, -0.05) is 6.07 Å². The Kier molecular flexibility index (Phi) is 2.90. The van der Waals surface area contributed by atoms with Gasteiger partial charge in [-0.25, -0.2) is 4.57 Å². The molecule has 10 heavy (non-hydrogen) atoms. The Hall–Kier alpha value is -0.890. The van der Waals surface area contributed by atoms with Crippen LogP contribution in [0, 0.1) is 0 Å². The van der Waals surface area contributed by atoms with E-state index in [1.54, 1.807) is 7.11 Å². The number of aromatic nitrogens is 1. The molecule has 0 spiro atoms. The molecule has 2 nitrogen and oxygen atoms in total. The Morgan fingerprint density at radius 2 is 1.90 bits per heavy atom. The topological polar surface area (TPSA) is 13.1 Å². The summed E-state index contributed by atoms with van der Waals surface area (Å²) >= 11 is 0. The van der Waals surface area contributed by atoms with Crippen LogP contribution in [0.2, 0.25) is 0 Å². The molecule has 1 rings (SSSR count). The molecule has 2 heteroatoms. The first-order chi connectivity index (χ1) is 4.93. The Morgan fingerprint density at radius 1 is 1.20 bits per heavy atom. The molecular weight excluding hydrogens is 126 g/mol. The van der Waals surface area contributed by atoms with E-state index < -0.39 is 0 Å². The number of pyridine rings is 1. The van der Waals surface area contributed by atoms with E-state index in [2.05, 4.69) is 4.57 Å². The maximum absolute atomic E-state index is 4.92. The van der Waals surface area contributed by atoms with Crippen molar-refractivity contribution in [1.29, 1.82) is 0 Å². The van der Waals surface area contributed by atoms with Crippen molar-refractivity contribution in [2.24, 2.45) is 0 Å². The summed E-state index contributed by atoms with van der Waals surface area (Å²) in [5, 5.41) is 0. The molecule has 1 heterocycles. The summed E-state index contributed by atoms with van der Waals surface area (Å²) in [7, 11) is 1.71. The zero-order valence-corrected chi connectivity index (χ0v) is 6.16. The molecule has 0 fully saturated rings. The normalized spacial score (nSPS) is 9.70. The average molecular weight is 138 g/mol. The average Bonchev–Trinajstić information content (AvgIpc) is 2.03. The zero-order valence-electron chi connectivity index (χ0n) is 6.16. The number of hydrogen-bond acceptors (Lipinski definition) is 1. The predicted octanol–water partition coefficient (Wildman–Crippen LogP) is 0.620. The molecule has 0 aliphatic heterocycles. The molecule has 0 aliphatic rings. The van der Waals surface area contributed by atoms with Crippen LogP contribution in [0.4, 0.5) is 0 Å². The van der Waals surface area contributed by atoms with Gasteiger partial charge < -0.3 is 4.74 Å². The highest BCUT2D eigenvalue weighted by Crippen LogP contribution is 1.76. The van der Waals surface area contributed by atoms with E-state index in [1.807, 2.05) is 30.6 Å². The second-order valence-corrected chi connectivity index (χ2v) is 2.11. The van der Waals surface area contributed by atoms with Gasteiger partial charge in [-0.15, -0.1) is 0 Å². The monoisotopic (exact) mass is 138 g/mol. The highest BCUT2D eigenvalue weighted by atomic mass is 16.5. The highest BCUT2D eigenvalue weighted by Gasteiger charge is 1.93. The number of hydrogen-bond donors (Lipinski definition) is 0. The Morgan fingerprint density at radius 3 is 2.50 bits per heavy atom. The largest absolute Gasteiger partial charge is 0.378 e. The maximum atomic E-state index is 4.92. The summed E-state index contributed by atoms with van der Waals surface area (Å²) in [6.45, 7) is 1.70. The van der Waals surface area contributed by atoms with Crippen LogP contribution < -0.4 is 4.57 Å². The van der Waals surface area contributed by atoms with Gasteiger partial charge in [0.2, 0.25) is 0 Å². The number of nitrogens with zero attached hydrogens (tertiary/aromatic N) is 1. The first-order valence-electron chi connectivity index (χ1n) is 3.36. The van der Waals surface area contributed by atoms with E-state index in [1.165, 1.54) is 0 Å². The summed E-state index contributed by atoms with van der Waals surface area (Å²) in [6, 6.07) is 6.02. The number of rotatable bonds is 3. The van der Waals surface area contributed by atoms with Crippen molar-refractivity contribution in [2.75, 3.05) is 13.7 Å². The first-order valence-corrected chi connectivity index (χ1v) is 3.36. The van der Waals surface area contributed by atoms with E-state index in [4.69, 9.17) is 4.74 Å². The second kappa shape index (κ2) is 4.01. The molecule has 0 unspecified atom stereocenters. The number of ether oxygens (including phenoxy) is 1. The molecule has 0 N–H and O–H groups in total. The van der Waals surface area contributed by atoms with Gasteiger partial charge >= 0.3 is 0 Å². The smallest absolute Gasteiger partial charge is 0.171 e. The third kappa shape index (κ3) is 2.15. The van der Waals surface area contributed by atoms with Crippen molar-refractivity contribution in [1.82, 2.24) is 0 Å². The summed E-state index contributed by atoms with van der Waals surface area (Å²) in [5.74, 6) is 0. The molecular formula is C8H12NO+. The first kappa shape index (κ1) is 7.22. The summed E-state index contributed by atoms with van der Waals surface area (Å²) in [4.78, 5) is 0. The zero-order chi connectivity index (χ0) is 7.23. The fraction of sp³-hybridized carbons (Fsp3) is 0.375. The van der Waals surface area contributed by atoms with Crippen molar-refractivity contribution in [3.05, 3.63) is 30.6 Å². The Balaban J connectivity index is 2.43. The minimum atomic E-state index is 0.772. The van der Waals surface area contributed by atoms with Crippen LogP contribution in [-0.4, -0.2) is 13.7 Å². The van der Waals surface area contributed by atoms with Crippen molar-refractivity contribution < 1.29 is 9.30 Å². The van der Waals surface area contributed by atoms with E-state index in [0.29, 0.717) is 0 Å². The maximum Gasteiger partial charge on any atom is 0.171 e.